The smallest absolute Gasteiger partial charge is 0.306 e. The van der Waals surface area contributed by atoms with Crippen molar-refractivity contribution in [3.8, 4) is 0 Å². The molecule has 0 fully saturated rings. The molecule has 3 unspecified atom stereocenters. The van der Waals surface area contributed by atoms with Gasteiger partial charge in [0.15, 0.2) is 0 Å². The number of aliphatic hydroxyl groups is 2. The Labute approximate surface area is 351 Å². The molecule has 0 radical (unpaired) electrons. The predicted molar refractivity (Wildman–Crippen MR) is 245 cm³/mol. The average molecular weight is 796 g/mol. The second-order valence-electron chi connectivity index (χ2n) is 15.8. The van der Waals surface area contributed by atoms with E-state index in [1.54, 1.807) is 6.08 Å². The van der Waals surface area contributed by atoms with Crippen molar-refractivity contribution in [1.82, 2.24) is 5.32 Å². The van der Waals surface area contributed by atoms with Crippen molar-refractivity contribution >= 4 is 11.9 Å². The van der Waals surface area contributed by atoms with Gasteiger partial charge in [-0.15, -0.1) is 0 Å². The second-order valence-corrected chi connectivity index (χ2v) is 15.8. The molecule has 0 spiro atoms. The summed E-state index contributed by atoms with van der Waals surface area (Å²) in [7, 11) is 0. The van der Waals surface area contributed by atoms with Gasteiger partial charge in [-0.1, -0.05) is 197 Å². The normalized spacial score (nSPS) is 14.0. The van der Waals surface area contributed by atoms with Crippen molar-refractivity contribution in [2.24, 2.45) is 0 Å². The summed E-state index contributed by atoms with van der Waals surface area (Å²) in [5, 5.41) is 23.6. The fourth-order valence-corrected chi connectivity index (χ4v) is 6.68. The second kappa shape index (κ2) is 44.4. The van der Waals surface area contributed by atoms with E-state index in [4.69, 9.17) is 4.74 Å². The van der Waals surface area contributed by atoms with Crippen molar-refractivity contribution in [3.05, 3.63) is 72.9 Å². The topological polar surface area (TPSA) is 95.9 Å². The molecule has 0 heterocycles. The Bertz CT molecular complexity index is 1070. The van der Waals surface area contributed by atoms with E-state index >= 15 is 0 Å². The maximum atomic E-state index is 13.1. The Morgan fingerprint density at radius 3 is 1.51 bits per heavy atom. The van der Waals surface area contributed by atoms with Gasteiger partial charge in [-0.05, 0) is 76.7 Å². The number of rotatable bonds is 41. The summed E-state index contributed by atoms with van der Waals surface area (Å²) in [5.41, 5.74) is 0. The molecule has 328 valence electrons. The zero-order chi connectivity index (χ0) is 41.7. The molecular formula is C51H89NO5. The van der Waals surface area contributed by atoms with Crippen LogP contribution in [0.15, 0.2) is 72.9 Å². The third-order valence-corrected chi connectivity index (χ3v) is 10.3. The van der Waals surface area contributed by atoms with Gasteiger partial charge in [-0.2, -0.15) is 0 Å². The van der Waals surface area contributed by atoms with Gasteiger partial charge in [-0.25, -0.2) is 0 Å². The van der Waals surface area contributed by atoms with E-state index in [0.29, 0.717) is 19.3 Å². The number of hydrogen-bond donors (Lipinski definition) is 3. The van der Waals surface area contributed by atoms with Gasteiger partial charge in [0, 0.05) is 6.42 Å². The van der Waals surface area contributed by atoms with Gasteiger partial charge in [-0.3, -0.25) is 9.59 Å². The minimum atomic E-state index is -0.821. The van der Waals surface area contributed by atoms with Crippen molar-refractivity contribution in [1.29, 1.82) is 0 Å². The maximum Gasteiger partial charge on any atom is 0.306 e. The zero-order valence-electron chi connectivity index (χ0n) is 37.2. The van der Waals surface area contributed by atoms with Gasteiger partial charge < -0.3 is 20.3 Å². The molecule has 1 amide bonds. The van der Waals surface area contributed by atoms with E-state index in [0.717, 1.165) is 77.0 Å². The van der Waals surface area contributed by atoms with Crippen LogP contribution in [0, 0.1) is 0 Å². The first-order chi connectivity index (χ1) is 28.0. The van der Waals surface area contributed by atoms with Gasteiger partial charge >= 0.3 is 5.97 Å². The number of allylic oxidation sites excluding steroid dienone is 11. The Balaban J connectivity index is 4.78. The highest BCUT2D eigenvalue weighted by Crippen LogP contribution is 2.15. The number of carbonyl (C=O) groups is 2. The van der Waals surface area contributed by atoms with Gasteiger partial charge in [0.2, 0.25) is 5.91 Å². The molecule has 57 heavy (non-hydrogen) atoms. The molecular weight excluding hydrogens is 707 g/mol. The maximum absolute atomic E-state index is 13.1. The van der Waals surface area contributed by atoms with Crippen LogP contribution < -0.4 is 5.32 Å². The minimum Gasteiger partial charge on any atom is -0.458 e. The Kier molecular flexibility index (Phi) is 42.3. The highest BCUT2D eigenvalue weighted by molar-refractivity contribution is 5.78. The standard InChI is InChI=1S/C51H89NO5/c1-4-7-10-13-16-19-22-25-26-27-30-33-36-39-42-47(57-51(56)44-41-38-35-32-29-24-21-18-15-12-9-6-3)45-50(55)52-48(46-53)49(54)43-40-37-34-31-28-23-20-17-14-11-8-5-2/h7,10,16,18-19,21,25-26,30,33,39,42,47-49,53-54H,4-6,8-9,11-15,17,20,22-24,27-29,31-32,34-38,40-41,43-46H2,1-3H3,(H,52,55)/b10-7+,19-16+,21-18-,26-25+,33-30+,42-39+. The van der Waals surface area contributed by atoms with E-state index < -0.39 is 18.2 Å². The van der Waals surface area contributed by atoms with E-state index in [2.05, 4.69) is 86.8 Å². The zero-order valence-corrected chi connectivity index (χ0v) is 37.2. The molecule has 3 N–H and O–H groups in total. The Morgan fingerprint density at radius 2 is 0.982 bits per heavy atom. The number of nitrogens with one attached hydrogen (secondary N) is 1. The van der Waals surface area contributed by atoms with Gasteiger partial charge in [0.1, 0.15) is 6.10 Å². The predicted octanol–water partition coefficient (Wildman–Crippen LogP) is 13.8. The Morgan fingerprint density at radius 1 is 0.544 bits per heavy atom. The third-order valence-electron chi connectivity index (χ3n) is 10.3. The summed E-state index contributed by atoms with van der Waals surface area (Å²) in [4.78, 5) is 25.9. The number of amides is 1. The molecule has 0 aliphatic carbocycles. The molecule has 0 aromatic carbocycles. The van der Waals surface area contributed by atoms with Crippen LogP contribution in [0.2, 0.25) is 0 Å². The van der Waals surface area contributed by atoms with E-state index in [1.807, 2.05) is 6.08 Å². The molecule has 0 aliphatic heterocycles. The molecule has 0 aliphatic rings. The molecule has 0 aromatic heterocycles. The van der Waals surface area contributed by atoms with Crippen molar-refractivity contribution in [3.63, 3.8) is 0 Å². The first-order valence-corrected chi connectivity index (χ1v) is 23.7. The largest absolute Gasteiger partial charge is 0.458 e. The number of carbonyl (C=O) groups excluding carboxylic acids is 2. The van der Waals surface area contributed by atoms with Gasteiger partial charge in [0.25, 0.3) is 0 Å². The molecule has 0 saturated carbocycles. The number of hydrogen-bond acceptors (Lipinski definition) is 5. The summed E-state index contributed by atoms with van der Waals surface area (Å²) in [6.45, 7) is 6.29. The van der Waals surface area contributed by atoms with Crippen LogP contribution >= 0.6 is 0 Å². The van der Waals surface area contributed by atoms with Crippen molar-refractivity contribution in [2.75, 3.05) is 6.61 Å². The molecule has 0 bridgehead atoms. The van der Waals surface area contributed by atoms with Crippen molar-refractivity contribution < 1.29 is 24.5 Å². The van der Waals surface area contributed by atoms with Crippen LogP contribution in [0.25, 0.3) is 0 Å². The number of aliphatic hydroxyl groups excluding tert-OH is 2. The van der Waals surface area contributed by atoms with Crippen molar-refractivity contribution in [2.45, 2.75) is 232 Å². The van der Waals surface area contributed by atoms with Crippen LogP contribution in [-0.4, -0.2) is 46.9 Å². The quantitative estimate of drug-likeness (QED) is 0.0325. The summed E-state index contributed by atoms with van der Waals surface area (Å²) in [5.74, 6) is -0.643. The highest BCUT2D eigenvalue weighted by Gasteiger charge is 2.23. The number of esters is 1. The van der Waals surface area contributed by atoms with Crippen LogP contribution in [0.3, 0.4) is 0 Å². The highest BCUT2D eigenvalue weighted by atomic mass is 16.5. The third kappa shape index (κ3) is 39.9. The van der Waals surface area contributed by atoms with Crippen LogP contribution in [0.5, 0.6) is 0 Å². The Hall–Kier alpha value is -2.70. The lowest BCUT2D eigenvalue weighted by Crippen LogP contribution is -2.46. The summed E-state index contributed by atoms with van der Waals surface area (Å²) in [6.07, 6.45) is 55.6. The summed E-state index contributed by atoms with van der Waals surface area (Å²) < 4.78 is 5.79. The van der Waals surface area contributed by atoms with Crippen LogP contribution in [0.1, 0.15) is 213 Å². The molecule has 0 rings (SSSR count). The monoisotopic (exact) mass is 796 g/mol. The lowest BCUT2D eigenvalue weighted by atomic mass is 10.0. The van der Waals surface area contributed by atoms with Gasteiger partial charge in [0.05, 0.1) is 25.2 Å². The summed E-state index contributed by atoms with van der Waals surface area (Å²) >= 11 is 0. The fraction of sp³-hybridized carbons (Fsp3) is 0.725. The minimum absolute atomic E-state index is 0.0514. The van der Waals surface area contributed by atoms with Crippen LogP contribution in [-0.2, 0) is 14.3 Å². The van der Waals surface area contributed by atoms with Crippen LogP contribution in [0.4, 0.5) is 0 Å². The lowest BCUT2D eigenvalue weighted by Gasteiger charge is -2.23. The average Bonchev–Trinajstić information content (AvgIpc) is 3.20. The molecule has 0 saturated heterocycles. The molecule has 6 heteroatoms. The summed E-state index contributed by atoms with van der Waals surface area (Å²) in [6, 6.07) is -0.744. The molecule has 3 atom stereocenters. The first-order valence-electron chi connectivity index (χ1n) is 23.7. The molecule has 6 nitrogen and oxygen atoms in total. The SMILES string of the molecule is CC/C=C/C/C=C/C/C=C/C/C=C/C/C=C/C(CC(=O)NC(CO)C(O)CCCCCCCCCCCCCC)OC(=O)CCCCCCC/C=C\CCCCC. The number of unbranched alkanes of at least 4 members (excludes halogenated alkanes) is 19. The van der Waals surface area contributed by atoms with E-state index in [1.165, 1.54) is 89.9 Å². The fourth-order valence-electron chi connectivity index (χ4n) is 6.68. The van der Waals surface area contributed by atoms with E-state index in [9.17, 15) is 19.8 Å². The number of ether oxygens (including phenoxy) is 1. The first kappa shape index (κ1) is 54.3. The lowest BCUT2D eigenvalue weighted by molar-refractivity contribution is -0.148. The van der Waals surface area contributed by atoms with E-state index in [-0.39, 0.29) is 24.9 Å². The molecule has 0 aromatic rings.